The molecule has 12 heteroatoms. The highest BCUT2D eigenvalue weighted by atomic mass is 79.9. The minimum atomic E-state index is -1.94. The van der Waals surface area contributed by atoms with Crippen LogP contribution in [0.5, 0.6) is 0 Å². The third kappa shape index (κ3) is 3.85. The van der Waals surface area contributed by atoms with Gasteiger partial charge in [0.05, 0.1) is 16.4 Å². The fraction of sp³-hybridized carbons (Fsp3) is 0.222. The van der Waals surface area contributed by atoms with Gasteiger partial charge in [-0.2, -0.15) is 5.10 Å². The van der Waals surface area contributed by atoms with E-state index in [1.165, 1.54) is 35.6 Å². The summed E-state index contributed by atoms with van der Waals surface area (Å²) in [4.78, 5) is 21.4. The van der Waals surface area contributed by atoms with E-state index in [4.69, 9.17) is 0 Å². The van der Waals surface area contributed by atoms with E-state index in [1.807, 2.05) is 0 Å². The van der Waals surface area contributed by atoms with Crippen molar-refractivity contribution in [3.63, 3.8) is 0 Å². The number of hydrogen-bond acceptors (Lipinski definition) is 6. The number of carbonyl (C=O) groups excluding carboxylic acids is 1. The smallest absolute Gasteiger partial charge is 0.271 e. The van der Waals surface area contributed by atoms with Crippen LogP contribution < -0.4 is 5.32 Å². The maximum absolute atomic E-state index is 14.6. The molecule has 30 heavy (non-hydrogen) atoms. The van der Waals surface area contributed by atoms with Crippen molar-refractivity contribution in [1.82, 2.24) is 29.5 Å². The monoisotopic (exact) mass is 496 g/mol. The second-order valence-electron chi connectivity index (χ2n) is 6.69. The lowest BCUT2D eigenvalue weighted by Crippen LogP contribution is -2.52. The maximum Gasteiger partial charge on any atom is 0.271 e. The molecule has 0 bridgehead atoms. The molecule has 0 aliphatic heterocycles. The summed E-state index contributed by atoms with van der Waals surface area (Å²) in [6.07, 6.45) is 5.93. The molecule has 8 nitrogen and oxygen atoms in total. The van der Waals surface area contributed by atoms with Gasteiger partial charge in [-0.05, 0) is 28.9 Å². The van der Waals surface area contributed by atoms with Crippen LogP contribution in [0.25, 0.3) is 4.96 Å². The van der Waals surface area contributed by atoms with Crippen molar-refractivity contribution >= 4 is 38.1 Å². The standard InChI is InChI=1S/C18H15BrF2N6O2S/c1-10(24-16(28)14-5-26-6-15(19)30-17(26)25-14)18(29,7-27-9-22-8-23-27)12-3-2-11(20)4-13(12)21/h2-6,8-10,29H,7H2,1H3,(H,24,28)/t10-,18-/m1/s1. The Hall–Kier alpha value is -2.70. The number of aromatic nitrogens is 5. The van der Waals surface area contributed by atoms with Crippen LogP contribution in [0.4, 0.5) is 8.78 Å². The maximum atomic E-state index is 14.6. The van der Waals surface area contributed by atoms with Crippen molar-refractivity contribution in [3.8, 4) is 0 Å². The lowest BCUT2D eigenvalue weighted by atomic mass is 9.86. The molecular formula is C18H15BrF2N6O2S. The summed E-state index contributed by atoms with van der Waals surface area (Å²) in [6, 6.07) is 1.88. The van der Waals surface area contributed by atoms with E-state index in [0.717, 1.165) is 15.9 Å². The number of nitrogens with zero attached hydrogens (tertiary/aromatic N) is 5. The Bertz CT molecular complexity index is 1180. The molecule has 0 spiro atoms. The fourth-order valence-electron chi connectivity index (χ4n) is 3.12. The molecule has 1 aromatic carbocycles. The summed E-state index contributed by atoms with van der Waals surface area (Å²) in [7, 11) is 0. The van der Waals surface area contributed by atoms with Crippen molar-refractivity contribution in [2.45, 2.75) is 25.1 Å². The van der Waals surface area contributed by atoms with Gasteiger partial charge in [0, 0.05) is 24.0 Å². The highest BCUT2D eigenvalue weighted by Gasteiger charge is 2.40. The van der Waals surface area contributed by atoms with Crippen LogP contribution in [0.15, 0.2) is 47.0 Å². The summed E-state index contributed by atoms with van der Waals surface area (Å²) in [6.45, 7) is 1.30. The summed E-state index contributed by atoms with van der Waals surface area (Å²) in [5.74, 6) is -2.26. The van der Waals surface area contributed by atoms with Crippen molar-refractivity contribution in [3.05, 3.63) is 69.9 Å². The second kappa shape index (κ2) is 7.85. The zero-order valence-corrected chi connectivity index (χ0v) is 17.9. The molecule has 0 radical (unpaired) electrons. The Morgan fingerprint density at radius 2 is 2.20 bits per heavy atom. The van der Waals surface area contributed by atoms with E-state index in [9.17, 15) is 18.7 Å². The number of benzene rings is 1. The predicted molar refractivity (Wildman–Crippen MR) is 108 cm³/mol. The van der Waals surface area contributed by atoms with E-state index in [2.05, 4.69) is 36.3 Å². The summed E-state index contributed by atoms with van der Waals surface area (Å²) in [5.41, 5.74) is -1.98. The lowest BCUT2D eigenvalue weighted by molar-refractivity contribution is -0.0186. The average molecular weight is 497 g/mol. The first-order valence-electron chi connectivity index (χ1n) is 8.71. The molecule has 0 aliphatic rings. The van der Waals surface area contributed by atoms with Gasteiger partial charge < -0.3 is 10.4 Å². The minimum Gasteiger partial charge on any atom is -0.381 e. The van der Waals surface area contributed by atoms with Gasteiger partial charge in [-0.1, -0.05) is 17.4 Å². The number of rotatable bonds is 6. The van der Waals surface area contributed by atoms with Crippen molar-refractivity contribution < 1.29 is 18.7 Å². The Balaban J connectivity index is 1.65. The summed E-state index contributed by atoms with van der Waals surface area (Å²) in [5, 5.41) is 18.0. The number of fused-ring (bicyclic) bond motifs is 1. The van der Waals surface area contributed by atoms with Gasteiger partial charge in [-0.3, -0.25) is 9.20 Å². The number of carbonyl (C=O) groups is 1. The van der Waals surface area contributed by atoms with Crippen LogP contribution in [0.3, 0.4) is 0 Å². The van der Waals surface area contributed by atoms with Crippen LogP contribution in [-0.2, 0) is 12.1 Å². The molecule has 0 fully saturated rings. The zero-order valence-electron chi connectivity index (χ0n) is 15.5. The topological polar surface area (TPSA) is 97.3 Å². The largest absolute Gasteiger partial charge is 0.381 e. The van der Waals surface area contributed by atoms with Crippen molar-refractivity contribution in [2.75, 3.05) is 0 Å². The van der Waals surface area contributed by atoms with E-state index in [0.29, 0.717) is 11.0 Å². The third-order valence-corrected chi connectivity index (χ3v) is 6.17. The molecule has 0 unspecified atom stereocenters. The second-order valence-corrected chi connectivity index (χ2v) is 9.08. The molecule has 4 aromatic rings. The van der Waals surface area contributed by atoms with Gasteiger partial charge in [-0.15, -0.1) is 0 Å². The summed E-state index contributed by atoms with van der Waals surface area (Å²) >= 11 is 4.70. The molecule has 2 atom stereocenters. The van der Waals surface area contributed by atoms with Crippen LogP contribution in [0, 0.1) is 11.6 Å². The van der Waals surface area contributed by atoms with E-state index in [-0.39, 0.29) is 17.8 Å². The highest BCUT2D eigenvalue weighted by molar-refractivity contribution is 9.11. The predicted octanol–water partition coefficient (Wildman–Crippen LogP) is 2.73. The first-order chi connectivity index (χ1) is 14.3. The van der Waals surface area contributed by atoms with Gasteiger partial charge in [0.1, 0.15) is 35.6 Å². The Labute approximate surface area is 181 Å². The van der Waals surface area contributed by atoms with Gasteiger partial charge in [0.2, 0.25) is 0 Å². The van der Waals surface area contributed by atoms with Crippen LogP contribution >= 0.6 is 27.3 Å². The molecule has 1 amide bonds. The first-order valence-corrected chi connectivity index (χ1v) is 10.3. The normalized spacial score (nSPS) is 14.6. The minimum absolute atomic E-state index is 0.142. The van der Waals surface area contributed by atoms with Gasteiger partial charge >= 0.3 is 0 Å². The molecule has 4 rings (SSSR count). The number of aliphatic hydroxyl groups is 1. The Kier molecular flexibility index (Phi) is 5.38. The average Bonchev–Trinajstić information content (AvgIpc) is 3.37. The third-order valence-electron chi connectivity index (χ3n) is 4.69. The molecule has 0 aliphatic carbocycles. The zero-order chi connectivity index (χ0) is 21.5. The van der Waals surface area contributed by atoms with Gasteiger partial charge in [0.25, 0.3) is 5.91 Å². The van der Waals surface area contributed by atoms with E-state index < -0.39 is 29.2 Å². The number of thiazole rings is 1. The van der Waals surface area contributed by atoms with Crippen LogP contribution in [-0.4, -0.2) is 41.2 Å². The fourth-order valence-corrected chi connectivity index (χ4v) is 4.47. The molecule has 0 saturated carbocycles. The van der Waals surface area contributed by atoms with E-state index in [1.54, 1.807) is 16.8 Å². The van der Waals surface area contributed by atoms with Crippen molar-refractivity contribution in [2.24, 2.45) is 0 Å². The number of nitrogens with one attached hydrogen (secondary N) is 1. The number of amides is 1. The highest BCUT2D eigenvalue weighted by Crippen LogP contribution is 2.30. The SMILES string of the molecule is C[C@@H](NC(=O)c1cn2cc(Br)sc2n1)[C@](O)(Cn1cncn1)c1ccc(F)cc1F. The molecule has 0 saturated heterocycles. The number of halogens is 3. The van der Waals surface area contributed by atoms with Crippen LogP contribution in [0.2, 0.25) is 0 Å². The van der Waals surface area contributed by atoms with Gasteiger partial charge in [0.15, 0.2) is 4.96 Å². The number of hydrogen-bond donors (Lipinski definition) is 2. The molecule has 3 heterocycles. The Morgan fingerprint density at radius 3 is 2.87 bits per heavy atom. The molecule has 2 N–H and O–H groups in total. The Morgan fingerprint density at radius 1 is 1.40 bits per heavy atom. The number of imidazole rings is 1. The molecular weight excluding hydrogens is 482 g/mol. The summed E-state index contributed by atoms with van der Waals surface area (Å²) < 4.78 is 31.8. The quantitative estimate of drug-likeness (QED) is 0.427. The van der Waals surface area contributed by atoms with Gasteiger partial charge in [-0.25, -0.2) is 23.4 Å². The first kappa shape index (κ1) is 20.6. The molecule has 3 aromatic heterocycles. The van der Waals surface area contributed by atoms with Crippen molar-refractivity contribution in [1.29, 1.82) is 0 Å². The van der Waals surface area contributed by atoms with Crippen LogP contribution in [0.1, 0.15) is 23.0 Å². The lowest BCUT2D eigenvalue weighted by Gasteiger charge is -2.35. The molecule has 156 valence electrons. The van der Waals surface area contributed by atoms with E-state index >= 15 is 0 Å².